The van der Waals surface area contributed by atoms with E-state index in [0.717, 1.165) is 30.7 Å². The highest BCUT2D eigenvalue weighted by molar-refractivity contribution is 5.87. The summed E-state index contributed by atoms with van der Waals surface area (Å²) in [5.41, 5.74) is 10.7. The number of hydrogen-bond acceptors (Lipinski definition) is 4. The maximum absolute atomic E-state index is 10.8. The summed E-state index contributed by atoms with van der Waals surface area (Å²) in [6, 6.07) is 3.49. The molecule has 24 heavy (non-hydrogen) atoms. The van der Waals surface area contributed by atoms with E-state index in [0.29, 0.717) is 5.92 Å². The summed E-state index contributed by atoms with van der Waals surface area (Å²) in [5.74, 6) is 1.17. The van der Waals surface area contributed by atoms with Gasteiger partial charge in [-0.05, 0) is 44.2 Å². The van der Waals surface area contributed by atoms with Crippen LogP contribution < -0.4 is 20.8 Å². The van der Waals surface area contributed by atoms with Crippen molar-refractivity contribution in [3.05, 3.63) is 23.3 Å². The highest BCUT2D eigenvalue weighted by atomic mass is 16.5. The van der Waals surface area contributed by atoms with Gasteiger partial charge in [-0.3, -0.25) is 0 Å². The van der Waals surface area contributed by atoms with Crippen molar-refractivity contribution >= 4 is 17.9 Å². The maximum atomic E-state index is 10.8. The van der Waals surface area contributed by atoms with Crippen molar-refractivity contribution in [2.24, 2.45) is 10.8 Å². The minimum Gasteiger partial charge on any atom is -0.496 e. The van der Waals surface area contributed by atoms with Crippen LogP contribution >= 0.6 is 0 Å². The topological polar surface area (TPSA) is 79.9 Å². The number of hydrazone groups is 1. The second kappa shape index (κ2) is 7.11. The summed E-state index contributed by atoms with van der Waals surface area (Å²) in [6.07, 6.45) is 3.74. The van der Waals surface area contributed by atoms with Crippen molar-refractivity contribution in [2.45, 2.75) is 52.0 Å². The standard InChI is InChI=1S/C18H28N4O2/c1-6-7-22-15-9-16(24-5)13(11-20-21-17(19)23)8-14(15)12(2)10-18(22,3)4/h8-9,11-12H,6-7,10H2,1-5H3,(H3,19,21,23)/b20-11-. The lowest BCUT2D eigenvalue weighted by Crippen LogP contribution is -2.48. The number of nitrogens with two attached hydrogens (primary N) is 1. The SMILES string of the molecule is CCCN1c2cc(OC)c(/C=N\NC(N)=O)cc2C(C)CC1(C)C. The van der Waals surface area contributed by atoms with Gasteiger partial charge in [0.25, 0.3) is 0 Å². The number of fused-ring (bicyclic) bond motifs is 1. The van der Waals surface area contributed by atoms with E-state index in [9.17, 15) is 4.79 Å². The number of carbonyl (C=O) groups is 1. The number of primary amides is 1. The van der Waals surface area contributed by atoms with Crippen molar-refractivity contribution in [3.63, 3.8) is 0 Å². The Morgan fingerprint density at radius 3 is 2.83 bits per heavy atom. The van der Waals surface area contributed by atoms with Gasteiger partial charge in [-0.15, -0.1) is 0 Å². The molecule has 0 spiro atoms. The summed E-state index contributed by atoms with van der Waals surface area (Å²) < 4.78 is 5.54. The smallest absolute Gasteiger partial charge is 0.332 e. The molecule has 0 fully saturated rings. The van der Waals surface area contributed by atoms with Crippen LogP contribution in [-0.2, 0) is 0 Å². The number of amides is 2. The van der Waals surface area contributed by atoms with Crippen LogP contribution in [0, 0.1) is 0 Å². The Kier molecular flexibility index (Phi) is 5.36. The monoisotopic (exact) mass is 332 g/mol. The largest absolute Gasteiger partial charge is 0.496 e. The lowest BCUT2D eigenvalue weighted by Gasteiger charge is -2.47. The van der Waals surface area contributed by atoms with Crippen LogP contribution in [0.4, 0.5) is 10.5 Å². The number of rotatable bonds is 5. The Labute approximate surface area is 144 Å². The maximum Gasteiger partial charge on any atom is 0.332 e. The quantitative estimate of drug-likeness (QED) is 0.642. The predicted octanol–water partition coefficient (Wildman–Crippen LogP) is 3.20. The molecular formula is C18H28N4O2. The minimum atomic E-state index is -0.688. The Morgan fingerprint density at radius 2 is 2.25 bits per heavy atom. The highest BCUT2D eigenvalue weighted by Crippen LogP contribution is 2.45. The van der Waals surface area contributed by atoms with E-state index < -0.39 is 6.03 Å². The molecule has 0 saturated heterocycles. The highest BCUT2D eigenvalue weighted by Gasteiger charge is 2.36. The normalized spacial score (nSPS) is 19.2. The number of benzene rings is 1. The number of anilines is 1. The number of ether oxygens (including phenoxy) is 1. The van der Waals surface area contributed by atoms with Gasteiger partial charge in [0.15, 0.2) is 0 Å². The molecule has 1 aromatic rings. The van der Waals surface area contributed by atoms with Gasteiger partial charge < -0.3 is 15.4 Å². The molecule has 1 aliphatic rings. The average Bonchev–Trinajstić information content (AvgIpc) is 2.50. The Hall–Kier alpha value is -2.24. The Morgan fingerprint density at radius 1 is 1.54 bits per heavy atom. The predicted molar refractivity (Wildman–Crippen MR) is 98.1 cm³/mol. The van der Waals surface area contributed by atoms with Gasteiger partial charge in [-0.2, -0.15) is 5.10 Å². The summed E-state index contributed by atoms with van der Waals surface area (Å²) in [6.45, 7) is 10.0. The first kappa shape index (κ1) is 18.1. The molecule has 0 aromatic heterocycles. The van der Waals surface area contributed by atoms with Crippen LogP contribution in [0.5, 0.6) is 5.75 Å². The van der Waals surface area contributed by atoms with Crippen LogP contribution in [0.2, 0.25) is 0 Å². The minimum absolute atomic E-state index is 0.108. The van der Waals surface area contributed by atoms with Crippen molar-refractivity contribution < 1.29 is 9.53 Å². The lowest BCUT2D eigenvalue weighted by molar-refractivity contribution is 0.249. The number of nitrogens with zero attached hydrogens (tertiary/aromatic N) is 2. The van der Waals surface area contributed by atoms with E-state index in [1.165, 1.54) is 11.3 Å². The van der Waals surface area contributed by atoms with Gasteiger partial charge in [0.2, 0.25) is 0 Å². The zero-order valence-corrected chi connectivity index (χ0v) is 15.2. The average molecular weight is 332 g/mol. The molecule has 0 bridgehead atoms. The molecule has 0 saturated carbocycles. The molecule has 2 rings (SSSR count). The van der Waals surface area contributed by atoms with Crippen LogP contribution in [-0.4, -0.2) is 31.4 Å². The van der Waals surface area contributed by atoms with E-state index in [1.54, 1.807) is 13.3 Å². The second-order valence-electron chi connectivity index (χ2n) is 6.96. The van der Waals surface area contributed by atoms with E-state index in [-0.39, 0.29) is 5.54 Å². The second-order valence-corrected chi connectivity index (χ2v) is 6.96. The van der Waals surface area contributed by atoms with Gasteiger partial charge in [0, 0.05) is 29.4 Å². The molecule has 1 atom stereocenters. The third kappa shape index (κ3) is 3.63. The first-order valence-electron chi connectivity index (χ1n) is 8.38. The van der Waals surface area contributed by atoms with Crippen LogP contribution in [0.15, 0.2) is 17.2 Å². The fourth-order valence-electron chi connectivity index (χ4n) is 3.62. The molecule has 0 radical (unpaired) electrons. The van der Waals surface area contributed by atoms with Gasteiger partial charge in [-0.25, -0.2) is 10.2 Å². The van der Waals surface area contributed by atoms with Gasteiger partial charge >= 0.3 is 6.03 Å². The first-order chi connectivity index (χ1) is 11.3. The van der Waals surface area contributed by atoms with Gasteiger partial charge in [-0.1, -0.05) is 13.8 Å². The fourth-order valence-corrected chi connectivity index (χ4v) is 3.62. The zero-order chi connectivity index (χ0) is 17.9. The van der Waals surface area contributed by atoms with E-state index in [1.807, 2.05) is 0 Å². The molecule has 1 unspecified atom stereocenters. The number of methoxy groups -OCH3 is 1. The molecular weight excluding hydrogens is 304 g/mol. The number of urea groups is 1. The van der Waals surface area contributed by atoms with Crippen LogP contribution in [0.25, 0.3) is 0 Å². The summed E-state index contributed by atoms with van der Waals surface area (Å²) in [5, 5.41) is 3.86. The Balaban J connectivity index is 2.49. The number of hydrogen-bond donors (Lipinski definition) is 2. The number of carbonyl (C=O) groups excluding carboxylic acids is 1. The third-order valence-corrected chi connectivity index (χ3v) is 4.56. The molecule has 1 aromatic carbocycles. The number of nitrogens with one attached hydrogen (secondary N) is 1. The van der Waals surface area contributed by atoms with E-state index >= 15 is 0 Å². The van der Waals surface area contributed by atoms with Gasteiger partial charge in [0.05, 0.1) is 13.3 Å². The first-order valence-corrected chi connectivity index (χ1v) is 8.38. The van der Waals surface area contributed by atoms with Crippen molar-refractivity contribution in [1.29, 1.82) is 0 Å². The Bertz CT molecular complexity index is 640. The molecule has 2 amide bonds. The third-order valence-electron chi connectivity index (χ3n) is 4.56. The molecule has 6 heteroatoms. The molecule has 0 aliphatic carbocycles. The van der Waals surface area contributed by atoms with Crippen LogP contribution in [0.3, 0.4) is 0 Å². The molecule has 1 heterocycles. The zero-order valence-electron chi connectivity index (χ0n) is 15.2. The van der Waals surface area contributed by atoms with Crippen molar-refractivity contribution in [1.82, 2.24) is 5.43 Å². The van der Waals surface area contributed by atoms with Gasteiger partial charge in [0.1, 0.15) is 5.75 Å². The fraction of sp³-hybridized carbons (Fsp3) is 0.556. The lowest BCUT2D eigenvalue weighted by atomic mass is 9.79. The molecule has 132 valence electrons. The summed E-state index contributed by atoms with van der Waals surface area (Å²) in [4.78, 5) is 13.2. The molecule has 3 N–H and O–H groups in total. The van der Waals surface area contributed by atoms with Crippen molar-refractivity contribution in [2.75, 3.05) is 18.6 Å². The van der Waals surface area contributed by atoms with Crippen LogP contribution in [0.1, 0.15) is 57.6 Å². The molecule has 6 nitrogen and oxygen atoms in total. The van der Waals surface area contributed by atoms with Crippen molar-refractivity contribution in [3.8, 4) is 5.75 Å². The van der Waals surface area contributed by atoms with E-state index in [2.05, 4.69) is 55.3 Å². The molecule has 1 aliphatic heterocycles. The summed E-state index contributed by atoms with van der Waals surface area (Å²) in [7, 11) is 1.64. The summed E-state index contributed by atoms with van der Waals surface area (Å²) >= 11 is 0. The van der Waals surface area contributed by atoms with E-state index in [4.69, 9.17) is 10.5 Å².